The molecule has 26 heavy (non-hydrogen) atoms. The quantitative estimate of drug-likeness (QED) is 0.758. The van der Waals surface area contributed by atoms with Crippen LogP contribution in [0.2, 0.25) is 0 Å². The van der Waals surface area contributed by atoms with E-state index in [2.05, 4.69) is 5.32 Å². The van der Waals surface area contributed by atoms with Crippen molar-refractivity contribution in [2.45, 2.75) is 65.4 Å². The zero-order valence-corrected chi connectivity index (χ0v) is 16.4. The third kappa shape index (κ3) is 6.04. The summed E-state index contributed by atoms with van der Waals surface area (Å²) in [5.41, 5.74) is 2.26. The summed E-state index contributed by atoms with van der Waals surface area (Å²) in [6.45, 7) is 9.00. The van der Waals surface area contributed by atoms with Crippen LogP contribution in [-0.4, -0.2) is 54.6 Å². The van der Waals surface area contributed by atoms with Crippen LogP contribution in [0, 0.1) is 0 Å². The number of hydrogen-bond donors (Lipinski definition) is 1. The standard InChI is InChI=1S/C19H31N3O4/c1-5-25-17(23)15-13-22(12-11-20-18(24)26-19(2,3)4)21-16-10-8-6-7-9-14(15)16/h5-13H2,1-4H3,(H,20,24). The number of alkyl carbamates (subject to hydrolysis) is 1. The van der Waals surface area contributed by atoms with Gasteiger partial charge in [0.1, 0.15) is 5.60 Å². The van der Waals surface area contributed by atoms with Crippen molar-refractivity contribution < 1.29 is 19.1 Å². The number of carbonyl (C=O) groups excluding carboxylic acids is 2. The Morgan fingerprint density at radius 3 is 2.62 bits per heavy atom. The SMILES string of the molecule is CCOC(=O)C1=C2CCCCCC2=NN(CCNC(=O)OC(C)(C)C)C1. The lowest BCUT2D eigenvalue weighted by molar-refractivity contribution is -0.138. The average molecular weight is 365 g/mol. The lowest BCUT2D eigenvalue weighted by Crippen LogP contribution is -2.39. The van der Waals surface area contributed by atoms with Gasteiger partial charge in [0.05, 0.1) is 31.0 Å². The van der Waals surface area contributed by atoms with E-state index in [1.165, 1.54) is 0 Å². The number of nitrogens with one attached hydrogen (secondary N) is 1. The molecule has 7 heteroatoms. The topological polar surface area (TPSA) is 80.2 Å². The van der Waals surface area contributed by atoms with Crippen molar-refractivity contribution in [3.63, 3.8) is 0 Å². The van der Waals surface area contributed by atoms with Gasteiger partial charge in [0.2, 0.25) is 0 Å². The summed E-state index contributed by atoms with van der Waals surface area (Å²) in [5, 5.41) is 9.30. The first-order valence-corrected chi connectivity index (χ1v) is 9.49. The smallest absolute Gasteiger partial charge is 0.407 e. The highest BCUT2D eigenvalue weighted by Gasteiger charge is 2.28. The van der Waals surface area contributed by atoms with Gasteiger partial charge >= 0.3 is 12.1 Å². The third-order valence-corrected chi connectivity index (χ3v) is 4.22. The first kappa shape index (κ1) is 20.3. The largest absolute Gasteiger partial charge is 0.463 e. The first-order chi connectivity index (χ1) is 12.3. The number of fused-ring (bicyclic) bond motifs is 1. The molecule has 0 saturated heterocycles. The summed E-state index contributed by atoms with van der Waals surface area (Å²) in [5.74, 6) is -0.248. The molecular weight excluding hydrogens is 334 g/mol. The molecular formula is C19H31N3O4. The Balaban J connectivity index is 2.00. The zero-order chi connectivity index (χ0) is 19.2. The molecule has 7 nitrogen and oxygen atoms in total. The van der Waals surface area contributed by atoms with E-state index in [0.29, 0.717) is 26.2 Å². The van der Waals surface area contributed by atoms with Crippen molar-refractivity contribution in [3.05, 3.63) is 11.1 Å². The van der Waals surface area contributed by atoms with E-state index in [9.17, 15) is 9.59 Å². The fraction of sp³-hybridized carbons (Fsp3) is 0.737. The van der Waals surface area contributed by atoms with Gasteiger partial charge in [-0.3, -0.25) is 5.01 Å². The molecule has 0 aromatic carbocycles. The lowest BCUT2D eigenvalue weighted by atomic mass is 9.97. The van der Waals surface area contributed by atoms with Crippen LogP contribution in [0.25, 0.3) is 0 Å². The Morgan fingerprint density at radius 2 is 1.92 bits per heavy atom. The molecule has 0 radical (unpaired) electrons. The van der Waals surface area contributed by atoms with E-state index in [-0.39, 0.29) is 5.97 Å². The second-order valence-electron chi connectivity index (χ2n) is 7.60. The Morgan fingerprint density at radius 1 is 1.19 bits per heavy atom. The third-order valence-electron chi connectivity index (χ3n) is 4.22. The van der Waals surface area contributed by atoms with Crippen LogP contribution < -0.4 is 5.32 Å². The number of rotatable bonds is 5. The molecule has 1 fully saturated rings. The maximum atomic E-state index is 12.4. The number of allylic oxidation sites excluding steroid dienone is 1. The van der Waals surface area contributed by atoms with E-state index < -0.39 is 11.7 Å². The molecule has 1 aliphatic carbocycles. The van der Waals surface area contributed by atoms with Gasteiger partial charge in [0, 0.05) is 6.54 Å². The highest BCUT2D eigenvalue weighted by atomic mass is 16.6. The highest BCUT2D eigenvalue weighted by molar-refractivity contribution is 6.07. The molecule has 1 amide bonds. The van der Waals surface area contributed by atoms with Crippen molar-refractivity contribution in [1.29, 1.82) is 0 Å². The van der Waals surface area contributed by atoms with Crippen molar-refractivity contribution in [2.24, 2.45) is 5.10 Å². The average Bonchev–Trinajstić information content (AvgIpc) is 2.78. The normalized spacial score (nSPS) is 17.8. The monoisotopic (exact) mass is 365 g/mol. The molecule has 2 rings (SSSR count). The van der Waals surface area contributed by atoms with Crippen molar-refractivity contribution >= 4 is 17.8 Å². The Hall–Kier alpha value is -2.05. The fourth-order valence-corrected chi connectivity index (χ4v) is 3.12. The van der Waals surface area contributed by atoms with Gasteiger partial charge in [0.15, 0.2) is 0 Å². The molecule has 1 heterocycles. The summed E-state index contributed by atoms with van der Waals surface area (Å²) in [6, 6.07) is 0. The van der Waals surface area contributed by atoms with Crippen molar-refractivity contribution in [3.8, 4) is 0 Å². The van der Waals surface area contributed by atoms with Gasteiger partial charge in [-0.05, 0) is 59.0 Å². The molecule has 0 bridgehead atoms. The van der Waals surface area contributed by atoms with Crippen LogP contribution in [0.3, 0.4) is 0 Å². The van der Waals surface area contributed by atoms with Crippen LogP contribution >= 0.6 is 0 Å². The minimum absolute atomic E-state index is 0.248. The summed E-state index contributed by atoms with van der Waals surface area (Å²) in [6.07, 6.45) is 4.64. The lowest BCUT2D eigenvalue weighted by Gasteiger charge is -2.28. The summed E-state index contributed by atoms with van der Waals surface area (Å²) in [7, 11) is 0. The van der Waals surface area contributed by atoms with E-state index in [0.717, 1.165) is 49.0 Å². The molecule has 146 valence electrons. The molecule has 0 atom stereocenters. The number of nitrogens with zero attached hydrogens (tertiary/aromatic N) is 2. The Bertz CT molecular complexity index is 590. The minimum atomic E-state index is -0.523. The molecule has 1 saturated carbocycles. The molecule has 0 aromatic heterocycles. The number of ether oxygens (including phenoxy) is 2. The van der Waals surface area contributed by atoms with Crippen molar-refractivity contribution in [2.75, 3.05) is 26.2 Å². The van der Waals surface area contributed by atoms with Crippen LogP contribution in [0.15, 0.2) is 16.2 Å². The van der Waals surface area contributed by atoms with Crippen LogP contribution in [0.5, 0.6) is 0 Å². The molecule has 1 N–H and O–H groups in total. The second-order valence-corrected chi connectivity index (χ2v) is 7.60. The Labute approximate surface area is 155 Å². The maximum absolute atomic E-state index is 12.4. The predicted octanol–water partition coefficient (Wildman–Crippen LogP) is 3.01. The van der Waals surface area contributed by atoms with Crippen LogP contribution in [0.4, 0.5) is 4.79 Å². The molecule has 1 aliphatic heterocycles. The molecule has 0 unspecified atom stereocenters. The van der Waals surface area contributed by atoms with Gasteiger partial charge in [-0.15, -0.1) is 0 Å². The van der Waals surface area contributed by atoms with Crippen LogP contribution in [0.1, 0.15) is 59.8 Å². The van der Waals surface area contributed by atoms with Gasteiger partial charge in [-0.1, -0.05) is 6.42 Å². The molecule has 0 spiro atoms. The van der Waals surface area contributed by atoms with E-state index in [1.54, 1.807) is 0 Å². The van der Waals surface area contributed by atoms with E-state index in [4.69, 9.17) is 14.6 Å². The number of hydrazone groups is 1. The van der Waals surface area contributed by atoms with Gasteiger partial charge in [-0.25, -0.2) is 9.59 Å². The summed E-state index contributed by atoms with van der Waals surface area (Å²) in [4.78, 5) is 24.2. The minimum Gasteiger partial charge on any atom is -0.463 e. The van der Waals surface area contributed by atoms with E-state index in [1.807, 2.05) is 32.7 Å². The number of hydrogen-bond acceptors (Lipinski definition) is 6. The zero-order valence-electron chi connectivity index (χ0n) is 16.4. The van der Waals surface area contributed by atoms with Crippen molar-refractivity contribution in [1.82, 2.24) is 10.3 Å². The summed E-state index contributed by atoms with van der Waals surface area (Å²) < 4.78 is 10.5. The van der Waals surface area contributed by atoms with Gasteiger partial charge in [0.25, 0.3) is 0 Å². The first-order valence-electron chi connectivity index (χ1n) is 9.49. The number of esters is 1. The van der Waals surface area contributed by atoms with Gasteiger partial charge in [-0.2, -0.15) is 5.10 Å². The maximum Gasteiger partial charge on any atom is 0.407 e. The molecule has 0 aromatic rings. The fourth-order valence-electron chi connectivity index (χ4n) is 3.12. The number of carbonyl (C=O) groups is 2. The Kier molecular flexibility index (Phi) is 7.06. The van der Waals surface area contributed by atoms with Gasteiger partial charge < -0.3 is 14.8 Å². The summed E-state index contributed by atoms with van der Waals surface area (Å²) >= 11 is 0. The van der Waals surface area contributed by atoms with Crippen LogP contribution in [-0.2, 0) is 14.3 Å². The van der Waals surface area contributed by atoms with E-state index >= 15 is 0 Å². The molecule has 2 aliphatic rings. The second kappa shape index (κ2) is 9.05. The highest BCUT2D eigenvalue weighted by Crippen LogP contribution is 2.28. The number of amides is 1. The predicted molar refractivity (Wildman–Crippen MR) is 100.0 cm³/mol.